The van der Waals surface area contributed by atoms with Crippen molar-refractivity contribution in [3.63, 3.8) is 0 Å². The highest BCUT2D eigenvalue weighted by molar-refractivity contribution is 5.89. The third-order valence-corrected chi connectivity index (χ3v) is 4.72. The number of hydrogen-bond acceptors (Lipinski definition) is 4. The number of carbonyl (C=O) groups excluding carboxylic acids is 1. The first-order valence-corrected chi connectivity index (χ1v) is 9.72. The zero-order chi connectivity index (χ0) is 19.9. The van der Waals surface area contributed by atoms with Crippen LogP contribution in [0.3, 0.4) is 0 Å². The van der Waals surface area contributed by atoms with Gasteiger partial charge in [0.1, 0.15) is 11.5 Å². The number of rotatable bonds is 6. The lowest BCUT2D eigenvalue weighted by Gasteiger charge is -2.34. The van der Waals surface area contributed by atoms with Gasteiger partial charge in [-0.2, -0.15) is 0 Å². The van der Waals surface area contributed by atoms with Crippen LogP contribution in [-0.2, 0) is 6.54 Å². The van der Waals surface area contributed by atoms with Gasteiger partial charge in [0.25, 0.3) is 0 Å². The first kappa shape index (κ1) is 20.0. The van der Waals surface area contributed by atoms with Gasteiger partial charge < -0.3 is 19.7 Å². The second-order valence-corrected chi connectivity index (χ2v) is 7.20. The lowest BCUT2D eigenvalue weighted by atomic mass is 10.1. The number of piperazine rings is 1. The summed E-state index contributed by atoms with van der Waals surface area (Å²) in [6.07, 6.45) is 0.132. The van der Waals surface area contributed by atoms with Crippen molar-refractivity contribution in [3.8, 4) is 11.5 Å². The number of ether oxygens (including phenoxy) is 2. The molecule has 0 bridgehead atoms. The zero-order valence-electron chi connectivity index (χ0n) is 16.9. The second-order valence-electron chi connectivity index (χ2n) is 7.20. The molecule has 0 saturated carbocycles. The summed E-state index contributed by atoms with van der Waals surface area (Å²) in [5.41, 5.74) is 1.95. The number of anilines is 1. The van der Waals surface area contributed by atoms with E-state index in [-0.39, 0.29) is 12.1 Å². The average molecular weight is 383 g/mol. The van der Waals surface area contributed by atoms with Crippen molar-refractivity contribution >= 4 is 11.7 Å². The molecule has 0 spiro atoms. The van der Waals surface area contributed by atoms with Crippen molar-refractivity contribution < 1.29 is 14.3 Å². The predicted octanol–water partition coefficient (Wildman–Crippen LogP) is 3.83. The Hall–Kier alpha value is -2.73. The lowest BCUT2D eigenvalue weighted by molar-refractivity contribution is 0.142. The van der Waals surface area contributed by atoms with Crippen LogP contribution in [0.1, 0.15) is 19.4 Å². The second kappa shape index (κ2) is 9.46. The summed E-state index contributed by atoms with van der Waals surface area (Å²) in [5.74, 6) is 1.71. The van der Waals surface area contributed by atoms with Crippen molar-refractivity contribution in [1.29, 1.82) is 0 Å². The number of urea groups is 1. The van der Waals surface area contributed by atoms with Gasteiger partial charge in [-0.25, -0.2) is 4.79 Å². The minimum Gasteiger partial charge on any atom is -0.496 e. The van der Waals surface area contributed by atoms with E-state index in [1.807, 2.05) is 61.2 Å². The molecule has 0 unspecified atom stereocenters. The fraction of sp³-hybridized carbons (Fsp3) is 0.409. The van der Waals surface area contributed by atoms with E-state index >= 15 is 0 Å². The Kier molecular flexibility index (Phi) is 6.76. The molecule has 3 rings (SSSR count). The Labute approximate surface area is 167 Å². The molecule has 1 heterocycles. The van der Waals surface area contributed by atoms with Gasteiger partial charge in [-0.15, -0.1) is 0 Å². The summed E-state index contributed by atoms with van der Waals surface area (Å²) in [7, 11) is 1.70. The number of hydrogen-bond donors (Lipinski definition) is 1. The Morgan fingerprint density at radius 2 is 1.71 bits per heavy atom. The van der Waals surface area contributed by atoms with E-state index in [0.717, 1.165) is 36.8 Å². The smallest absolute Gasteiger partial charge is 0.321 e. The van der Waals surface area contributed by atoms with Crippen LogP contribution in [0.25, 0.3) is 0 Å². The third kappa shape index (κ3) is 5.39. The van der Waals surface area contributed by atoms with Crippen molar-refractivity contribution in [2.24, 2.45) is 0 Å². The Morgan fingerprint density at radius 1 is 1.04 bits per heavy atom. The van der Waals surface area contributed by atoms with Gasteiger partial charge in [0, 0.05) is 44.0 Å². The minimum atomic E-state index is -0.0607. The Bertz CT molecular complexity index is 769. The van der Waals surface area contributed by atoms with Crippen molar-refractivity contribution in [2.45, 2.75) is 26.5 Å². The molecule has 6 nitrogen and oxygen atoms in total. The molecule has 1 N–H and O–H groups in total. The molecule has 0 atom stereocenters. The number of para-hydroxylation sites is 1. The molecule has 0 aliphatic carbocycles. The first-order chi connectivity index (χ1) is 13.5. The minimum absolute atomic E-state index is 0.0607. The topological polar surface area (TPSA) is 54.0 Å². The zero-order valence-corrected chi connectivity index (χ0v) is 16.9. The average Bonchev–Trinajstić information content (AvgIpc) is 2.70. The molecule has 2 aromatic rings. The molecule has 28 heavy (non-hydrogen) atoms. The third-order valence-electron chi connectivity index (χ3n) is 4.72. The molecule has 150 valence electrons. The van der Waals surface area contributed by atoms with Gasteiger partial charge in [-0.1, -0.05) is 18.2 Å². The van der Waals surface area contributed by atoms with Gasteiger partial charge >= 0.3 is 6.03 Å². The maximum absolute atomic E-state index is 12.5. The highest BCUT2D eigenvalue weighted by atomic mass is 16.5. The van der Waals surface area contributed by atoms with Crippen molar-refractivity contribution in [1.82, 2.24) is 9.80 Å². The number of amides is 2. The number of nitrogens with one attached hydrogen (secondary N) is 1. The molecule has 1 saturated heterocycles. The molecule has 2 amide bonds. The summed E-state index contributed by atoms with van der Waals surface area (Å²) in [6.45, 7) is 7.90. The molecule has 0 radical (unpaired) electrons. The highest BCUT2D eigenvalue weighted by Crippen LogP contribution is 2.21. The summed E-state index contributed by atoms with van der Waals surface area (Å²) >= 11 is 0. The number of benzene rings is 2. The van der Waals surface area contributed by atoms with Gasteiger partial charge in [0.15, 0.2) is 0 Å². The normalized spacial score (nSPS) is 14.8. The van der Waals surface area contributed by atoms with Gasteiger partial charge in [0.2, 0.25) is 0 Å². The van der Waals surface area contributed by atoms with E-state index in [9.17, 15) is 4.79 Å². The van der Waals surface area contributed by atoms with E-state index in [1.54, 1.807) is 7.11 Å². The van der Waals surface area contributed by atoms with E-state index in [4.69, 9.17) is 9.47 Å². The molecule has 2 aromatic carbocycles. The van der Waals surface area contributed by atoms with Crippen LogP contribution >= 0.6 is 0 Å². The molecule has 0 aromatic heterocycles. The Balaban J connectivity index is 1.48. The Morgan fingerprint density at radius 3 is 2.36 bits per heavy atom. The molecule has 1 aliphatic rings. The number of nitrogens with zero attached hydrogens (tertiary/aromatic N) is 2. The van der Waals surface area contributed by atoms with Gasteiger partial charge in [0.05, 0.1) is 13.2 Å². The SMILES string of the molecule is COc1ccccc1CN1CCN(C(=O)Nc2ccc(OC(C)C)cc2)CC1. The van der Waals surface area contributed by atoms with Crippen LogP contribution in [0.4, 0.5) is 10.5 Å². The lowest BCUT2D eigenvalue weighted by Crippen LogP contribution is -2.49. The predicted molar refractivity (Wildman–Crippen MR) is 111 cm³/mol. The fourth-order valence-corrected chi connectivity index (χ4v) is 3.28. The summed E-state index contributed by atoms with van der Waals surface area (Å²) in [4.78, 5) is 16.7. The van der Waals surface area contributed by atoms with Crippen LogP contribution in [0.5, 0.6) is 11.5 Å². The molecular formula is C22H29N3O3. The summed E-state index contributed by atoms with van der Waals surface area (Å²) in [5, 5.41) is 2.97. The van der Waals surface area contributed by atoms with E-state index in [2.05, 4.69) is 16.3 Å². The highest BCUT2D eigenvalue weighted by Gasteiger charge is 2.21. The summed E-state index contributed by atoms with van der Waals surface area (Å²) in [6, 6.07) is 15.5. The van der Waals surface area contributed by atoms with E-state index in [0.29, 0.717) is 13.1 Å². The number of methoxy groups -OCH3 is 1. The molecular weight excluding hydrogens is 354 g/mol. The molecule has 1 fully saturated rings. The van der Waals surface area contributed by atoms with Crippen LogP contribution in [-0.4, -0.2) is 55.2 Å². The monoisotopic (exact) mass is 383 g/mol. The van der Waals surface area contributed by atoms with Gasteiger partial charge in [-0.05, 0) is 44.2 Å². The van der Waals surface area contributed by atoms with Crippen LogP contribution in [0, 0.1) is 0 Å². The maximum Gasteiger partial charge on any atom is 0.321 e. The van der Waals surface area contributed by atoms with E-state index < -0.39 is 0 Å². The van der Waals surface area contributed by atoms with Crippen LogP contribution in [0.2, 0.25) is 0 Å². The maximum atomic E-state index is 12.5. The summed E-state index contributed by atoms with van der Waals surface area (Å²) < 4.78 is 11.1. The fourth-order valence-electron chi connectivity index (χ4n) is 3.28. The van der Waals surface area contributed by atoms with Crippen molar-refractivity contribution in [2.75, 3.05) is 38.6 Å². The largest absolute Gasteiger partial charge is 0.496 e. The van der Waals surface area contributed by atoms with Crippen molar-refractivity contribution in [3.05, 3.63) is 54.1 Å². The molecule has 6 heteroatoms. The quantitative estimate of drug-likeness (QED) is 0.824. The molecule has 1 aliphatic heterocycles. The standard InChI is InChI=1S/C22H29N3O3/c1-17(2)28-20-10-8-19(9-11-20)23-22(26)25-14-12-24(13-15-25)16-18-6-4-5-7-21(18)27-3/h4-11,17H,12-16H2,1-3H3,(H,23,26). The van der Waals surface area contributed by atoms with Crippen LogP contribution in [0.15, 0.2) is 48.5 Å². The van der Waals surface area contributed by atoms with E-state index in [1.165, 1.54) is 5.56 Å². The first-order valence-electron chi connectivity index (χ1n) is 9.72. The van der Waals surface area contributed by atoms with Gasteiger partial charge in [-0.3, -0.25) is 4.90 Å². The van der Waals surface area contributed by atoms with Crippen LogP contribution < -0.4 is 14.8 Å². The number of carbonyl (C=O) groups is 1.